The van der Waals surface area contributed by atoms with Crippen LogP contribution in [0.5, 0.6) is 0 Å². The second-order valence-electron chi connectivity index (χ2n) is 3.40. The molecule has 0 radical (unpaired) electrons. The first kappa shape index (κ1) is 7.67. The summed E-state index contributed by atoms with van der Waals surface area (Å²) in [5, 5.41) is 13.8. The Kier molecular flexibility index (Phi) is 2.03. The highest BCUT2D eigenvalue weighted by atomic mass is 15.5. The van der Waals surface area contributed by atoms with E-state index in [2.05, 4.69) is 20.6 Å². The highest BCUT2D eigenvalue weighted by Gasteiger charge is 2.22. The quantitative estimate of drug-likeness (QED) is 0.625. The number of H-pyrrole nitrogens is 1. The van der Waals surface area contributed by atoms with Gasteiger partial charge in [0.25, 0.3) is 0 Å². The summed E-state index contributed by atoms with van der Waals surface area (Å²) in [6.07, 6.45) is 4.40. The van der Waals surface area contributed by atoms with Gasteiger partial charge in [-0.1, -0.05) is 0 Å². The molecule has 5 nitrogen and oxygen atoms in total. The van der Waals surface area contributed by atoms with Crippen molar-refractivity contribution in [3.05, 3.63) is 5.82 Å². The number of tetrazole rings is 1. The number of hydrogen-bond donors (Lipinski definition) is 2. The summed E-state index contributed by atoms with van der Waals surface area (Å²) in [7, 11) is 0. The number of rotatable bonds is 1. The molecule has 0 atom stereocenters. The predicted molar refractivity (Wildman–Crippen MR) is 43.4 cm³/mol. The van der Waals surface area contributed by atoms with Crippen LogP contribution >= 0.6 is 0 Å². The van der Waals surface area contributed by atoms with Gasteiger partial charge in [-0.05, 0) is 36.1 Å². The molecule has 0 aliphatic heterocycles. The standard InChI is InChI=1S/C7H13N5/c8-6-3-1-5(2-4-6)7-9-11-12-10-7/h5-6H,1-4,8H2,(H,9,10,11,12)/t5-,6+. The van der Waals surface area contributed by atoms with Crippen molar-refractivity contribution < 1.29 is 0 Å². The van der Waals surface area contributed by atoms with Crippen molar-refractivity contribution in [3.8, 4) is 0 Å². The van der Waals surface area contributed by atoms with E-state index >= 15 is 0 Å². The van der Waals surface area contributed by atoms with Crippen molar-refractivity contribution in [1.82, 2.24) is 20.6 Å². The topological polar surface area (TPSA) is 80.5 Å². The van der Waals surface area contributed by atoms with E-state index < -0.39 is 0 Å². The average Bonchev–Trinajstić information content (AvgIpc) is 2.58. The summed E-state index contributed by atoms with van der Waals surface area (Å²) in [5.41, 5.74) is 5.79. The fraction of sp³-hybridized carbons (Fsp3) is 0.857. The molecule has 1 heterocycles. The zero-order chi connectivity index (χ0) is 8.39. The number of hydrogen-bond acceptors (Lipinski definition) is 4. The molecule has 0 bridgehead atoms. The maximum absolute atomic E-state index is 5.79. The van der Waals surface area contributed by atoms with Gasteiger partial charge in [-0.25, -0.2) is 5.10 Å². The largest absolute Gasteiger partial charge is 0.328 e. The number of aromatic amines is 1. The van der Waals surface area contributed by atoms with Gasteiger partial charge in [0.15, 0.2) is 5.82 Å². The summed E-state index contributed by atoms with van der Waals surface area (Å²) < 4.78 is 0. The Morgan fingerprint density at radius 1 is 1.25 bits per heavy atom. The Labute approximate surface area is 70.7 Å². The molecule has 5 heteroatoms. The van der Waals surface area contributed by atoms with Gasteiger partial charge in [0.05, 0.1) is 0 Å². The number of aromatic nitrogens is 4. The molecule has 1 aromatic heterocycles. The van der Waals surface area contributed by atoms with Crippen LogP contribution in [0.2, 0.25) is 0 Å². The van der Waals surface area contributed by atoms with Crippen LogP contribution < -0.4 is 5.73 Å². The van der Waals surface area contributed by atoms with E-state index in [4.69, 9.17) is 5.73 Å². The first-order chi connectivity index (χ1) is 5.86. The SMILES string of the molecule is N[C@H]1CC[C@@H](c2nnn[nH]2)CC1. The van der Waals surface area contributed by atoms with Crippen LogP contribution in [0.15, 0.2) is 0 Å². The number of nitrogens with two attached hydrogens (primary N) is 1. The minimum absolute atomic E-state index is 0.386. The average molecular weight is 167 g/mol. The maximum Gasteiger partial charge on any atom is 0.151 e. The molecule has 1 fully saturated rings. The second-order valence-corrected chi connectivity index (χ2v) is 3.40. The molecule has 2 rings (SSSR count). The minimum atomic E-state index is 0.386. The van der Waals surface area contributed by atoms with E-state index in [1.165, 1.54) is 0 Å². The van der Waals surface area contributed by atoms with Crippen LogP contribution in [0.4, 0.5) is 0 Å². The summed E-state index contributed by atoms with van der Waals surface area (Å²) in [6.45, 7) is 0. The Morgan fingerprint density at radius 2 is 2.00 bits per heavy atom. The highest BCUT2D eigenvalue weighted by molar-refractivity contribution is 4.94. The van der Waals surface area contributed by atoms with Crippen molar-refractivity contribution in [3.63, 3.8) is 0 Å². The van der Waals surface area contributed by atoms with Crippen molar-refractivity contribution in [2.45, 2.75) is 37.6 Å². The predicted octanol–water partition coefficient (Wildman–Crippen LogP) is 0.185. The van der Waals surface area contributed by atoms with Crippen LogP contribution in [0.3, 0.4) is 0 Å². The maximum atomic E-state index is 5.79. The second kappa shape index (κ2) is 3.18. The Balaban J connectivity index is 1.99. The molecule has 0 spiro atoms. The van der Waals surface area contributed by atoms with Crippen LogP contribution in [-0.4, -0.2) is 26.7 Å². The third kappa shape index (κ3) is 1.45. The fourth-order valence-corrected chi connectivity index (χ4v) is 1.73. The van der Waals surface area contributed by atoms with E-state index in [-0.39, 0.29) is 0 Å². The lowest BCUT2D eigenvalue weighted by Crippen LogP contribution is -2.26. The highest BCUT2D eigenvalue weighted by Crippen LogP contribution is 2.29. The summed E-state index contributed by atoms with van der Waals surface area (Å²) in [5.74, 6) is 1.42. The normalized spacial score (nSPS) is 30.4. The van der Waals surface area contributed by atoms with Gasteiger partial charge >= 0.3 is 0 Å². The van der Waals surface area contributed by atoms with Gasteiger partial charge in [-0.15, -0.1) is 5.10 Å². The van der Waals surface area contributed by atoms with E-state index in [1.807, 2.05) is 0 Å². The Hall–Kier alpha value is -0.970. The number of nitrogens with zero attached hydrogens (tertiary/aromatic N) is 3. The lowest BCUT2D eigenvalue weighted by molar-refractivity contribution is 0.385. The van der Waals surface area contributed by atoms with Crippen LogP contribution in [0.25, 0.3) is 0 Å². The Morgan fingerprint density at radius 3 is 2.58 bits per heavy atom. The molecule has 0 saturated heterocycles. The fourth-order valence-electron chi connectivity index (χ4n) is 1.73. The molecule has 3 N–H and O–H groups in total. The zero-order valence-electron chi connectivity index (χ0n) is 6.90. The van der Waals surface area contributed by atoms with E-state index in [1.54, 1.807) is 0 Å². The molecule has 0 amide bonds. The molecule has 1 aliphatic carbocycles. The summed E-state index contributed by atoms with van der Waals surface area (Å²) >= 11 is 0. The third-order valence-electron chi connectivity index (χ3n) is 2.52. The van der Waals surface area contributed by atoms with Gasteiger partial charge in [0, 0.05) is 12.0 Å². The molecule has 1 aromatic rings. The Bertz CT molecular complexity index is 224. The minimum Gasteiger partial charge on any atom is -0.328 e. The summed E-state index contributed by atoms with van der Waals surface area (Å²) in [6, 6.07) is 0.386. The molecule has 66 valence electrons. The first-order valence-corrected chi connectivity index (χ1v) is 4.35. The summed E-state index contributed by atoms with van der Waals surface area (Å²) in [4.78, 5) is 0. The molecule has 1 saturated carbocycles. The van der Waals surface area contributed by atoms with E-state index in [0.717, 1.165) is 31.5 Å². The van der Waals surface area contributed by atoms with Crippen molar-refractivity contribution in [2.24, 2.45) is 5.73 Å². The van der Waals surface area contributed by atoms with Crippen molar-refractivity contribution in [1.29, 1.82) is 0 Å². The van der Waals surface area contributed by atoms with Crippen LogP contribution in [-0.2, 0) is 0 Å². The third-order valence-corrected chi connectivity index (χ3v) is 2.52. The van der Waals surface area contributed by atoms with Crippen LogP contribution in [0.1, 0.15) is 37.4 Å². The zero-order valence-corrected chi connectivity index (χ0v) is 6.90. The molecule has 1 aliphatic rings. The van der Waals surface area contributed by atoms with Crippen molar-refractivity contribution >= 4 is 0 Å². The monoisotopic (exact) mass is 167 g/mol. The van der Waals surface area contributed by atoms with Crippen molar-refractivity contribution in [2.75, 3.05) is 0 Å². The van der Waals surface area contributed by atoms with Gasteiger partial charge in [-0.3, -0.25) is 0 Å². The van der Waals surface area contributed by atoms with Gasteiger partial charge in [0.2, 0.25) is 0 Å². The van der Waals surface area contributed by atoms with Gasteiger partial charge in [0.1, 0.15) is 0 Å². The van der Waals surface area contributed by atoms with Gasteiger partial charge < -0.3 is 5.73 Å². The molecular formula is C7H13N5. The van der Waals surface area contributed by atoms with Gasteiger partial charge in [-0.2, -0.15) is 0 Å². The number of nitrogens with one attached hydrogen (secondary N) is 1. The lowest BCUT2D eigenvalue weighted by Gasteiger charge is -2.23. The first-order valence-electron chi connectivity index (χ1n) is 4.35. The molecular weight excluding hydrogens is 154 g/mol. The smallest absolute Gasteiger partial charge is 0.151 e. The lowest BCUT2D eigenvalue weighted by atomic mass is 9.86. The van der Waals surface area contributed by atoms with E-state index in [9.17, 15) is 0 Å². The molecule has 0 unspecified atom stereocenters. The van der Waals surface area contributed by atoms with Crippen LogP contribution in [0, 0.1) is 0 Å². The molecule has 0 aromatic carbocycles. The molecule has 12 heavy (non-hydrogen) atoms. The van der Waals surface area contributed by atoms with E-state index in [0.29, 0.717) is 12.0 Å².